The maximum absolute atomic E-state index is 12.0. The Morgan fingerprint density at radius 3 is 2.84 bits per heavy atom. The minimum Gasteiger partial charge on any atom is -0.478 e. The molecule has 2 amide bonds. The molecule has 100 valence electrons. The monoisotopic (exact) mass is 263 g/mol. The van der Waals surface area contributed by atoms with Gasteiger partial charge in [-0.3, -0.25) is 14.6 Å². The van der Waals surface area contributed by atoms with Gasteiger partial charge in [-0.2, -0.15) is 0 Å². The van der Waals surface area contributed by atoms with Crippen molar-refractivity contribution in [2.24, 2.45) is 0 Å². The van der Waals surface area contributed by atoms with Crippen molar-refractivity contribution in [2.45, 2.75) is 12.5 Å². The number of amides is 2. The summed E-state index contributed by atoms with van der Waals surface area (Å²) in [5, 5.41) is 11.5. The molecular formula is C12H13N3O4. The molecule has 1 unspecified atom stereocenters. The van der Waals surface area contributed by atoms with Crippen LogP contribution in [0.3, 0.4) is 0 Å². The van der Waals surface area contributed by atoms with Crippen molar-refractivity contribution in [3.05, 3.63) is 29.6 Å². The number of nitrogens with one attached hydrogen (secondary N) is 1. The molecule has 0 aliphatic carbocycles. The third kappa shape index (κ3) is 2.54. The molecule has 0 aromatic carbocycles. The fourth-order valence-electron chi connectivity index (χ4n) is 1.94. The van der Waals surface area contributed by atoms with E-state index in [0.717, 1.165) is 0 Å². The topological polar surface area (TPSA) is 99.6 Å². The SMILES string of the molecule is CN1CCC(NC(=O)c2ncccc2C(=O)O)C1=O. The van der Waals surface area contributed by atoms with E-state index in [0.29, 0.717) is 13.0 Å². The van der Waals surface area contributed by atoms with Crippen LogP contribution in [-0.2, 0) is 4.79 Å². The minimum absolute atomic E-state index is 0.179. The zero-order valence-corrected chi connectivity index (χ0v) is 10.3. The van der Waals surface area contributed by atoms with Gasteiger partial charge in [-0.15, -0.1) is 0 Å². The first-order chi connectivity index (χ1) is 9.00. The van der Waals surface area contributed by atoms with Gasteiger partial charge in [0.05, 0.1) is 5.56 Å². The number of carboxylic acid groups (broad SMARTS) is 1. The lowest BCUT2D eigenvalue weighted by atomic mass is 10.1. The van der Waals surface area contributed by atoms with Gasteiger partial charge in [0.15, 0.2) is 0 Å². The van der Waals surface area contributed by atoms with E-state index >= 15 is 0 Å². The van der Waals surface area contributed by atoms with Crippen LogP contribution >= 0.6 is 0 Å². The molecule has 1 aromatic heterocycles. The third-order valence-electron chi connectivity index (χ3n) is 2.99. The molecule has 0 spiro atoms. The van der Waals surface area contributed by atoms with Crippen LogP contribution < -0.4 is 5.32 Å². The van der Waals surface area contributed by atoms with E-state index in [4.69, 9.17) is 5.11 Å². The minimum atomic E-state index is -1.23. The lowest BCUT2D eigenvalue weighted by Crippen LogP contribution is -2.41. The zero-order valence-electron chi connectivity index (χ0n) is 10.3. The first kappa shape index (κ1) is 13.0. The summed E-state index contributed by atoms with van der Waals surface area (Å²) in [6.07, 6.45) is 1.85. The molecular weight excluding hydrogens is 250 g/mol. The molecule has 1 aromatic rings. The molecule has 7 nitrogen and oxygen atoms in total. The quantitative estimate of drug-likeness (QED) is 0.782. The number of carbonyl (C=O) groups excluding carboxylic acids is 2. The molecule has 7 heteroatoms. The van der Waals surface area contributed by atoms with Crippen LogP contribution in [-0.4, -0.2) is 52.4 Å². The highest BCUT2D eigenvalue weighted by Gasteiger charge is 2.31. The molecule has 2 heterocycles. The van der Waals surface area contributed by atoms with Crippen molar-refractivity contribution >= 4 is 17.8 Å². The highest BCUT2D eigenvalue weighted by Crippen LogP contribution is 2.11. The Morgan fingerprint density at radius 2 is 2.26 bits per heavy atom. The number of aromatic nitrogens is 1. The number of carbonyl (C=O) groups is 3. The summed E-state index contributed by atoms with van der Waals surface area (Å²) < 4.78 is 0. The number of rotatable bonds is 3. The number of likely N-dealkylation sites (tertiary alicyclic amines) is 1. The van der Waals surface area contributed by atoms with Crippen molar-refractivity contribution in [3.8, 4) is 0 Å². The summed E-state index contributed by atoms with van der Waals surface area (Å²) in [6.45, 7) is 0.567. The van der Waals surface area contributed by atoms with Crippen molar-refractivity contribution in [2.75, 3.05) is 13.6 Å². The number of pyridine rings is 1. The molecule has 0 radical (unpaired) electrons. The van der Waals surface area contributed by atoms with Crippen molar-refractivity contribution in [1.82, 2.24) is 15.2 Å². The number of hydrogen-bond donors (Lipinski definition) is 2. The van der Waals surface area contributed by atoms with Gasteiger partial charge in [-0.25, -0.2) is 4.79 Å². The molecule has 1 aliphatic rings. The lowest BCUT2D eigenvalue weighted by molar-refractivity contribution is -0.128. The molecule has 2 rings (SSSR count). The predicted octanol–water partition coefficient (Wildman–Crippen LogP) is -0.260. The fraction of sp³-hybridized carbons (Fsp3) is 0.333. The second-order valence-electron chi connectivity index (χ2n) is 4.28. The van der Waals surface area contributed by atoms with Crippen LogP contribution in [0.2, 0.25) is 0 Å². The predicted molar refractivity (Wildman–Crippen MR) is 64.7 cm³/mol. The largest absolute Gasteiger partial charge is 0.478 e. The summed E-state index contributed by atoms with van der Waals surface area (Å²) in [5.41, 5.74) is -0.365. The number of hydrogen-bond acceptors (Lipinski definition) is 4. The third-order valence-corrected chi connectivity index (χ3v) is 2.99. The van der Waals surface area contributed by atoms with Gasteiger partial charge in [0.25, 0.3) is 5.91 Å². The molecule has 0 saturated carbocycles. The van der Waals surface area contributed by atoms with E-state index in [1.54, 1.807) is 7.05 Å². The van der Waals surface area contributed by atoms with Crippen LogP contribution in [0.25, 0.3) is 0 Å². The van der Waals surface area contributed by atoms with Gasteiger partial charge in [0.1, 0.15) is 11.7 Å². The summed E-state index contributed by atoms with van der Waals surface area (Å²) in [6, 6.07) is 2.13. The van der Waals surface area contributed by atoms with Crippen molar-refractivity contribution in [1.29, 1.82) is 0 Å². The van der Waals surface area contributed by atoms with E-state index in [9.17, 15) is 14.4 Å². The van der Waals surface area contributed by atoms with Crippen molar-refractivity contribution < 1.29 is 19.5 Å². The second kappa shape index (κ2) is 5.05. The Balaban J connectivity index is 2.17. The maximum Gasteiger partial charge on any atom is 0.338 e. The van der Waals surface area contributed by atoms with Gasteiger partial charge in [0.2, 0.25) is 5.91 Å². The average Bonchev–Trinajstić information content (AvgIpc) is 2.70. The molecule has 1 saturated heterocycles. The van der Waals surface area contributed by atoms with Gasteiger partial charge in [-0.05, 0) is 18.6 Å². The van der Waals surface area contributed by atoms with Gasteiger partial charge >= 0.3 is 5.97 Å². The van der Waals surface area contributed by atoms with Gasteiger partial charge in [-0.1, -0.05) is 0 Å². The van der Waals surface area contributed by atoms with Crippen LogP contribution in [0.4, 0.5) is 0 Å². The van der Waals surface area contributed by atoms with Crippen LogP contribution in [0.15, 0.2) is 18.3 Å². The zero-order chi connectivity index (χ0) is 14.0. The fourth-order valence-corrected chi connectivity index (χ4v) is 1.94. The Hall–Kier alpha value is -2.44. The average molecular weight is 263 g/mol. The summed E-state index contributed by atoms with van der Waals surface area (Å²) in [4.78, 5) is 39.9. The smallest absolute Gasteiger partial charge is 0.338 e. The first-order valence-corrected chi connectivity index (χ1v) is 5.75. The van der Waals surface area contributed by atoms with E-state index in [-0.39, 0.29) is 17.2 Å². The highest BCUT2D eigenvalue weighted by molar-refractivity contribution is 6.04. The van der Waals surface area contributed by atoms with Crippen molar-refractivity contribution in [3.63, 3.8) is 0 Å². The van der Waals surface area contributed by atoms with Gasteiger partial charge in [0, 0.05) is 19.8 Å². The lowest BCUT2D eigenvalue weighted by Gasteiger charge is -2.12. The maximum atomic E-state index is 12.0. The molecule has 19 heavy (non-hydrogen) atoms. The van der Waals surface area contributed by atoms with Crippen LogP contribution in [0.5, 0.6) is 0 Å². The summed E-state index contributed by atoms with van der Waals surface area (Å²) in [7, 11) is 1.65. The normalized spacial score (nSPS) is 18.5. The molecule has 1 fully saturated rings. The second-order valence-corrected chi connectivity index (χ2v) is 4.28. The van der Waals surface area contributed by atoms with Crippen LogP contribution in [0, 0.1) is 0 Å². The first-order valence-electron chi connectivity index (χ1n) is 5.75. The Kier molecular flexibility index (Phi) is 3.46. The summed E-state index contributed by atoms with van der Waals surface area (Å²) >= 11 is 0. The number of carboxylic acids is 1. The number of aromatic carboxylic acids is 1. The van der Waals surface area contributed by atoms with Crippen LogP contribution in [0.1, 0.15) is 27.3 Å². The Morgan fingerprint density at radius 1 is 1.53 bits per heavy atom. The van der Waals surface area contributed by atoms with E-state index in [1.165, 1.54) is 23.2 Å². The van der Waals surface area contributed by atoms with E-state index in [1.807, 2.05) is 0 Å². The number of nitrogens with zero attached hydrogens (tertiary/aromatic N) is 2. The van der Waals surface area contributed by atoms with E-state index < -0.39 is 17.9 Å². The molecule has 0 bridgehead atoms. The highest BCUT2D eigenvalue weighted by atomic mass is 16.4. The number of likely N-dealkylation sites (N-methyl/N-ethyl adjacent to an activating group) is 1. The molecule has 2 N–H and O–H groups in total. The Bertz CT molecular complexity index is 544. The summed E-state index contributed by atoms with van der Waals surface area (Å²) in [5.74, 6) is -2.05. The van der Waals surface area contributed by atoms with Gasteiger partial charge < -0.3 is 15.3 Å². The molecule has 1 atom stereocenters. The standard InChI is InChI=1S/C12H13N3O4/c1-15-6-4-8(11(15)17)14-10(16)9-7(12(18)19)3-2-5-13-9/h2-3,5,8H,4,6H2,1H3,(H,14,16)(H,18,19). The molecule has 1 aliphatic heterocycles. The Labute approximate surface area is 109 Å². The van der Waals surface area contributed by atoms with E-state index in [2.05, 4.69) is 10.3 Å².